The highest BCUT2D eigenvalue weighted by molar-refractivity contribution is 5.90. The molecular weight excluding hydrogens is 186 g/mol. The maximum absolute atomic E-state index is 11.1. The quantitative estimate of drug-likeness (QED) is 0.554. The maximum Gasteiger partial charge on any atom is 0.324 e. The molecule has 5 atom stereocenters. The number of hydrogen-bond acceptors (Lipinski definition) is 3. The Morgan fingerprint density at radius 2 is 1.93 bits per heavy atom. The summed E-state index contributed by atoms with van der Waals surface area (Å²) in [6.45, 7) is 0. The molecule has 0 spiro atoms. The number of hydrogen-bond donors (Lipinski definition) is 3. The van der Waals surface area contributed by atoms with Crippen LogP contribution in [0.4, 0.5) is 0 Å². The number of carboxylic acids is 2. The van der Waals surface area contributed by atoms with E-state index in [1.54, 1.807) is 0 Å². The van der Waals surface area contributed by atoms with Crippen molar-refractivity contribution in [1.82, 2.24) is 0 Å². The highest BCUT2D eigenvalue weighted by Crippen LogP contribution is 2.81. The number of carbonyl (C=O) groups is 2. The van der Waals surface area contributed by atoms with Crippen molar-refractivity contribution < 1.29 is 19.8 Å². The van der Waals surface area contributed by atoms with Gasteiger partial charge in [0.1, 0.15) is 5.54 Å². The molecule has 0 aromatic rings. The van der Waals surface area contributed by atoms with Crippen LogP contribution in [-0.4, -0.2) is 27.7 Å². The summed E-state index contributed by atoms with van der Waals surface area (Å²) in [5.74, 6) is -2.33. The highest BCUT2D eigenvalue weighted by atomic mass is 16.4. The monoisotopic (exact) mass is 197 g/mol. The van der Waals surface area contributed by atoms with Crippen molar-refractivity contribution >= 4 is 11.9 Å². The van der Waals surface area contributed by atoms with Gasteiger partial charge in [0.2, 0.25) is 0 Å². The van der Waals surface area contributed by atoms with Crippen LogP contribution in [0.2, 0.25) is 0 Å². The van der Waals surface area contributed by atoms with E-state index < -0.39 is 22.9 Å². The minimum atomic E-state index is -1.26. The molecule has 4 rings (SSSR count). The Kier molecular flexibility index (Phi) is 1.07. The Balaban J connectivity index is 2.06. The minimum Gasteiger partial charge on any atom is -0.481 e. The van der Waals surface area contributed by atoms with Gasteiger partial charge < -0.3 is 15.9 Å². The molecule has 4 saturated carbocycles. The second-order valence-corrected chi connectivity index (χ2v) is 4.80. The average molecular weight is 197 g/mol. The van der Waals surface area contributed by atoms with Gasteiger partial charge in [-0.1, -0.05) is 0 Å². The first-order valence-electron chi connectivity index (χ1n) is 4.71. The van der Waals surface area contributed by atoms with Crippen molar-refractivity contribution in [2.24, 2.45) is 28.9 Å². The van der Waals surface area contributed by atoms with Gasteiger partial charge >= 0.3 is 11.9 Å². The fourth-order valence-electron chi connectivity index (χ4n) is 4.00. The topological polar surface area (TPSA) is 101 Å². The fraction of sp³-hybridized carbons (Fsp3) is 0.778. The summed E-state index contributed by atoms with van der Waals surface area (Å²) in [7, 11) is 0. The molecule has 4 N–H and O–H groups in total. The first-order chi connectivity index (χ1) is 6.45. The van der Waals surface area contributed by atoms with Crippen LogP contribution in [0, 0.1) is 23.2 Å². The van der Waals surface area contributed by atoms with E-state index in [9.17, 15) is 9.59 Å². The second kappa shape index (κ2) is 1.82. The van der Waals surface area contributed by atoms with E-state index in [1.807, 2.05) is 0 Å². The van der Waals surface area contributed by atoms with E-state index in [4.69, 9.17) is 15.9 Å². The van der Waals surface area contributed by atoms with Gasteiger partial charge in [0.15, 0.2) is 0 Å². The molecule has 5 nitrogen and oxygen atoms in total. The van der Waals surface area contributed by atoms with Gasteiger partial charge in [-0.15, -0.1) is 0 Å². The smallest absolute Gasteiger partial charge is 0.324 e. The van der Waals surface area contributed by atoms with Crippen molar-refractivity contribution in [2.75, 3.05) is 0 Å². The molecule has 0 aromatic carbocycles. The van der Waals surface area contributed by atoms with Gasteiger partial charge in [-0.05, 0) is 24.7 Å². The molecule has 4 fully saturated rings. The highest BCUT2D eigenvalue weighted by Gasteiger charge is 2.88. The molecule has 14 heavy (non-hydrogen) atoms. The molecular formula is C9H11NO4. The molecule has 0 radical (unpaired) electrons. The van der Waals surface area contributed by atoms with Crippen LogP contribution in [0.25, 0.3) is 0 Å². The molecule has 0 heterocycles. The van der Waals surface area contributed by atoms with E-state index in [2.05, 4.69) is 0 Å². The Hall–Kier alpha value is -1.10. The summed E-state index contributed by atoms with van der Waals surface area (Å²) in [4.78, 5) is 22.1. The van der Waals surface area contributed by atoms with Crippen molar-refractivity contribution in [3.8, 4) is 0 Å². The zero-order chi connectivity index (χ0) is 10.3. The van der Waals surface area contributed by atoms with Crippen LogP contribution >= 0.6 is 0 Å². The van der Waals surface area contributed by atoms with Gasteiger partial charge in [-0.3, -0.25) is 9.59 Å². The number of nitrogens with two attached hydrogens (primary N) is 1. The molecule has 4 aliphatic carbocycles. The summed E-state index contributed by atoms with van der Waals surface area (Å²) in [6.07, 6.45) is 1.14. The molecule has 76 valence electrons. The lowest BCUT2D eigenvalue weighted by Gasteiger charge is -2.22. The summed E-state index contributed by atoms with van der Waals surface area (Å²) in [5, 5.41) is 18.1. The predicted octanol–water partition coefficient (Wildman–Crippen LogP) is -0.491. The second-order valence-electron chi connectivity index (χ2n) is 4.80. The van der Waals surface area contributed by atoms with Crippen molar-refractivity contribution in [2.45, 2.75) is 18.4 Å². The molecule has 0 saturated heterocycles. The molecule has 0 aliphatic heterocycles. The Labute approximate surface area is 79.9 Å². The zero-order valence-corrected chi connectivity index (χ0v) is 7.43. The van der Waals surface area contributed by atoms with Crippen LogP contribution in [-0.2, 0) is 9.59 Å². The maximum atomic E-state index is 11.1. The lowest BCUT2D eigenvalue weighted by atomic mass is 9.90. The Bertz CT molecular complexity index is 368. The van der Waals surface area contributed by atoms with Gasteiger partial charge in [-0.25, -0.2) is 0 Å². The van der Waals surface area contributed by atoms with Crippen molar-refractivity contribution in [1.29, 1.82) is 0 Å². The van der Waals surface area contributed by atoms with Crippen LogP contribution < -0.4 is 5.73 Å². The Morgan fingerprint density at radius 1 is 1.29 bits per heavy atom. The molecule has 0 aromatic heterocycles. The van der Waals surface area contributed by atoms with Gasteiger partial charge in [0, 0.05) is 5.92 Å². The van der Waals surface area contributed by atoms with E-state index in [1.165, 1.54) is 0 Å². The van der Waals surface area contributed by atoms with E-state index in [-0.39, 0.29) is 17.8 Å². The largest absolute Gasteiger partial charge is 0.481 e. The zero-order valence-electron chi connectivity index (χ0n) is 7.43. The molecule has 0 amide bonds. The van der Waals surface area contributed by atoms with Crippen LogP contribution in [0.15, 0.2) is 0 Å². The molecule has 4 bridgehead atoms. The number of rotatable bonds is 2. The molecule has 4 aliphatic rings. The number of aliphatic carboxylic acids is 2. The van der Waals surface area contributed by atoms with Crippen LogP contribution in [0.3, 0.4) is 0 Å². The SMILES string of the molecule is N[C@@]1(C(=O)O)[C@H]2C[C@H]3[C@H]1[C@@]3(C(=O)O)C2. The first kappa shape index (κ1) is 8.23. The minimum absolute atomic E-state index is 0.0195. The van der Waals surface area contributed by atoms with E-state index >= 15 is 0 Å². The standard InChI is InChI=1S/C9H11NO4/c10-9(7(13)14)3-1-4-5(9)8(4,2-3)6(11)12/h3-5H,1-2,10H2,(H,11,12)(H,13,14)/t3-,4-,5-,8+,9-/m0/s1. The van der Waals surface area contributed by atoms with Crippen LogP contribution in [0.1, 0.15) is 12.8 Å². The lowest BCUT2D eigenvalue weighted by Crippen LogP contribution is -2.51. The summed E-state index contributed by atoms with van der Waals surface area (Å²) < 4.78 is 0. The van der Waals surface area contributed by atoms with E-state index in [0.717, 1.165) is 0 Å². The molecule has 0 unspecified atom stereocenters. The third-order valence-electron chi connectivity index (χ3n) is 4.59. The predicted molar refractivity (Wildman–Crippen MR) is 44.3 cm³/mol. The van der Waals surface area contributed by atoms with Gasteiger partial charge in [0.05, 0.1) is 5.41 Å². The number of carboxylic acid groups (broad SMARTS) is 2. The van der Waals surface area contributed by atoms with Gasteiger partial charge in [-0.2, -0.15) is 0 Å². The lowest BCUT2D eigenvalue weighted by molar-refractivity contribution is -0.145. The Morgan fingerprint density at radius 3 is 2.21 bits per heavy atom. The van der Waals surface area contributed by atoms with Crippen molar-refractivity contribution in [3.63, 3.8) is 0 Å². The molecule has 5 heteroatoms. The third kappa shape index (κ3) is 0.507. The van der Waals surface area contributed by atoms with Crippen molar-refractivity contribution in [3.05, 3.63) is 0 Å². The summed E-state index contributed by atoms with van der Waals surface area (Å²) in [5.41, 5.74) is 3.79. The summed E-state index contributed by atoms with van der Waals surface area (Å²) in [6, 6.07) is 0. The summed E-state index contributed by atoms with van der Waals surface area (Å²) >= 11 is 0. The van der Waals surface area contributed by atoms with Gasteiger partial charge in [0.25, 0.3) is 0 Å². The fourth-order valence-corrected chi connectivity index (χ4v) is 4.00. The average Bonchev–Trinajstić information content (AvgIpc) is 2.45. The van der Waals surface area contributed by atoms with Crippen LogP contribution in [0.5, 0.6) is 0 Å². The normalized spacial score (nSPS) is 57.4. The first-order valence-corrected chi connectivity index (χ1v) is 4.71. The third-order valence-corrected chi connectivity index (χ3v) is 4.59. The van der Waals surface area contributed by atoms with E-state index in [0.29, 0.717) is 12.8 Å².